The van der Waals surface area contributed by atoms with Gasteiger partial charge in [0.2, 0.25) is 5.91 Å². The number of carbonyl (C=O) groups excluding carboxylic acids is 1. The van der Waals surface area contributed by atoms with Crippen molar-refractivity contribution in [2.24, 2.45) is 5.41 Å². The average molecular weight is 277 g/mol. The molecule has 0 fully saturated rings. The van der Waals surface area contributed by atoms with E-state index in [1.165, 1.54) is 0 Å². The van der Waals surface area contributed by atoms with E-state index in [0.717, 1.165) is 12.0 Å². The highest BCUT2D eigenvalue weighted by Crippen LogP contribution is 2.22. The summed E-state index contributed by atoms with van der Waals surface area (Å²) in [6.07, 6.45) is 0.876. The summed E-state index contributed by atoms with van der Waals surface area (Å²) in [5.41, 5.74) is 0.0298. The van der Waals surface area contributed by atoms with E-state index in [2.05, 4.69) is 0 Å². The van der Waals surface area contributed by atoms with Gasteiger partial charge in [0.25, 0.3) is 0 Å². The summed E-state index contributed by atoms with van der Waals surface area (Å²) in [6, 6.07) is 9.75. The second-order valence-electron chi connectivity index (χ2n) is 5.67. The van der Waals surface area contributed by atoms with Crippen LogP contribution in [0.25, 0.3) is 0 Å². The Morgan fingerprint density at radius 1 is 1.20 bits per heavy atom. The molecular weight excluding hydrogens is 254 g/mol. The summed E-state index contributed by atoms with van der Waals surface area (Å²) in [7, 11) is 0. The lowest BCUT2D eigenvalue weighted by Gasteiger charge is -2.26. The third kappa shape index (κ3) is 4.68. The van der Waals surface area contributed by atoms with Gasteiger partial charge in [-0.2, -0.15) is 0 Å². The highest BCUT2D eigenvalue weighted by Gasteiger charge is 2.31. The van der Waals surface area contributed by atoms with Gasteiger partial charge in [0, 0.05) is 19.5 Å². The van der Waals surface area contributed by atoms with Crippen molar-refractivity contribution in [3.05, 3.63) is 35.9 Å². The Hall–Kier alpha value is -1.84. The molecular formula is C16H23NO3. The SMILES string of the molecule is CCCN(Cc1ccccc1)C(=O)CC(C)(C)C(=O)O. The zero-order valence-corrected chi connectivity index (χ0v) is 12.4. The Kier molecular flexibility index (Phi) is 5.74. The first-order valence-corrected chi connectivity index (χ1v) is 6.92. The molecule has 0 aromatic heterocycles. The van der Waals surface area contributed by atoms with Crippen LogP contribution in [-0.4, -0.2) is 28.4 Å². The zero-order chi connectivity index (χ0) is 15.2. The van der Waals surface area contributed by atoms with Crippen LogP contribution in [0.2, 0.25) is 0 Å². The molecule has 4 heteroatoms. The van der Waals surface area contributed by atoms with Crippen molar-refractivity contribution in [3.63, 3.8) is 0 Å². The molecule has 4 nitrogen and oxygen atoms in total. The first-order valence-electron chi connectivity index (χ1n) is 6.92. The fourth-order valence-electron chi connectivity index (χ4n) is 1.93. The van der Waals surface area contributed by atoms with Gasteiger partial charge in [-0.3, -0.25) is 9.59 Å². The lowest BCUT2D eigenvalue weighted by atomic mass is 9.89. The molecule has 20 heavy (non-hydrogen) atoms. The third-order valence-corrected chi connectivity index (χ3v) is 3.23. The predicted octanol–water partition coefficient (Wildman–Crippen LogP) is 2.93. The minimum atomic E-state index is -1.03. The van der Waals surface area contributed by atoms with E-state index in [0.29, 0.717) is 13.1 Å². The number of carbonyl (C=O) groups is 2. The van der Waals surface area contributed by atoms with Crippen molar-refractivity contribution in [1.29, 1.82) is 0 Å². The molecule has 0 aliphatic carbocycles. The van der Waals surface area contributed by atoms with Crippen molar-refractivity contribution in [3.8, 4) is 0 Å². The highest BCUT2D eigenvalue weighted by atomic mass is 16.4. The molecule has 0 saturated heterocycles. The summed E-state index contributed by atoms with van der Waals surface area (Å²) < 4.78 is 0. The number of carboxylic acids is 1. The Morgan fingerprint density at radius 3 is 2.30 bits per heavy atom. The fourth-order valence-corrected chi connectivity index (χ4v) is 1.93. The normalized spacial score (nSPS) is 11.2. The molecule has 0 bridgehead atoms. The second-order valence-corrected chi connectivity index (χ2v) is 5.67. The van der Waals surface area contributed by atoms with Crippen molar-refractivity contribution >= 4 is 11.9 Å². The van der Waals surface area contributed by atoms with Gasteiger partial charge in [0.15, 0.2) is 0 Å². The first-order chi connectivity index (χ1) is 9.36. The Balaban J connectivity index is 2.75. The number of rotatable bonds is 7. The van der Waals surface area contributed by atoms with E-state index in [-0.39, 0.29) is 12.3 Å². The molecule has 0 spiro atoms. The van der Waals surface area contributed by atoms with Crippen LogP contribution in [0.15, 0.2) is 30.3 Å². The third-order valence-electron chi connectivity index (χ3n) is 3.23. The van der Waals surface area contributed by atoms with Crippen molar-refractivity contribution in [2.75, 3.05) is 6.54 Å². The van der Waals surface area contributed by atoms with Crippen LogP contribution < -0.4 is 0 Å². The molecule has 1 rings (SSSR count). The summed E-state index contributed by atoms with van der Waals surface area (Å²) in [4.78, 5) is 25.2. The molecule has 110 valence electrons. The minimum absolute atomic E-state index is 0.0230. The summed E-state index contributed by atoms with van der Waals surface area (Å²) in [5.74, 6) is -1.05. The van der Waals surface area contributed by atoms with Gasteiger partial charge in [-0.25, -0.2) is 0 Å². The zero-order valence-electron chi connectivity index (χ0n) is 12.4. The van der Waals surface area contributed by atoms with Crippen molar-refractivity contribution in [1.82, 2.24) is 4.90 Å². The van der Waals surface area contributed by atoms with Gasteiger partial charge in [-0.05, 0) is 25.8 Å². The van der Waals surface area contributed by atoms with E-state index < -0.39 is 11.4 Å². The van der Waals surface area contributed by atoms with Crippen LogP contribution in [0, 0.1) is 5.41 Å². The number of carboxylic acid groups (broad SMARTS) is 1. The molecule has 1 amide bonds. The lowest BCUT2D eigenvalue weighted by Crippen LogP contribution is -2.37. The quantitative estimate of drug-likeness (QED) is 0.833. The van der Waals surface area contributed by atoms with Gasteiger partial charge in [-0.1, -0.05) is 37.3 Å². The first kappa shape index (κ1) is 16.2. The number of nitrogens with zero attached hydrogens (tertiary/aromatic N) is 1. The lowest BCUT2D eigenvalue weighted by molar-refractivity contribution is -0.151. The molecule has 0 radical (unpaired) electrons. The summed E-state index contributed by atoms with van der Waals surface area (Å²) in [6.45, 7) is 6.35. The number of hydrogen-bond acceptors (Lipinski definition) is 2. The maximum atomic E-state index is 12.3. The van der Waals surface area contributed by atoms with Crippen LogP contribution in [0.4, 0.5) is 0 Å². The molecule has 0 unspecified atom stereocenters. The van der Waals surface area contributed by atoms with Crippen molar-refractivity contribution in [2.45, 2.75) is 40.2 Å². The molecule has 0 heterocycles. The van der Waals surface area contributed by atoms with Gasteiger partial charge in [-0.15, -0.1) is 0 Å². The number of benzene rings is 1. The smallest absolute Gasteiger partial charge is 0.309 e. The van der Waals surface area contributed by atoms with E-state index in [1.807, 2.05) is 37.3 Å². The minimum Gasteiger partial charge on any atom is -0.481 e. The largest absolute Gasteiger partial charge is 0.481 e. The molecule has 1 aromatic rings. The highest BCUT2D eigenvalue weighted by molar-refractivity contribution is 5.84. The summed E-state index contributed by atoms with van der Waals surface area (Å²) >= 11 is 0. The molecule has 0 atom stereocenters. The maximum absolute atomic E-state index is 12.3. The van der Waals surface area contributed by atoms with Crippen LogP contribution in [-0.2, 0) is 16.1 Å². The number of aliphatic carboxylic acids is 1. The number of hydrogen-bond donors (Lipinski definition) is 1. The van der Waals surface area contributed by atoms with Crippen molar-refractivity contribution < 1.29 is 14.7 Å². The maximum Gasteiger partial charge on any atom is 0.309 e. The topological polar surface area (TPSA) is 57.6 Å². The van der Waals surface area contributed by atoms with Gasteiger partial charge in [0.1, 0.15) is 0 Å². The van der Waals surface area contributed by atoms with E-state index >= 15 is 0 Å². The Bertz CT molecular complexity index is 454. The predicted molar refractivity (Wildman–Crippen MR) is 78.2 cm³/mol. The van der Waals surface area contributed by atoms with E-state index in [9.17, 15) is 9.59 Å². The number of amides is 1. The molecule has 0 saturated carbocycles. The molecule has 1 N–H and O–H groups in total. The standard InChI is InChI=1S/C16H23NO3/c1-4-10-17(12-13-8-6-5-7-9-13)14(18)11-16(2,3)15(19)20/h5-9H,4,10-12H2,1-3H3,(H,19,20). The van der Waals surface area contributed by atoms with E-state index in [1.54, 1.807) is 18.7 Å². The van der Waals surface area contributed by atoms with E-state index in [4.69, 9.17) is 5.11 Å². The Labute approximate surface area is 120 Å². The van der Waals surface area contributed by atoms with Crippen LogP contribution in [0.1, 0.15) is 39.2 Å². The van der Waals surface area contributed by atoms with Crippen LogP contribution >= 0.6 is 0 Å². The van der Waals surface area contributed by atoms with Crippen LogP contribution in [0.5, 0.6) is 0 Å². The molecule has 0 aliphatic heterocycles. The van der Waals surface area contributed by atoms with Crippen LogP contribution in [0.3, 0.4) is 0 Å². The average Bonchev–Trinajstić information content (AvgIpc) is 2.38. The molecule has 1 aromatic carbocycles. The Morgan fingerprint density at radius 2 is 1.80 bits per heavy atom. The van der Waals surface area contributed by atoms with Gasteiger partial charge in [0.05, 0.1) is 5.41 Å². The molecule has 0 aliphatic rings. The fraction of sp³-hybridized carbons (Fsp3) is 0.500. The summed E-state index contributed by atoms with van der Waals surface area (Å²) in [5, 5.41) is 9.12. The van der Waals surface area contributed by atoms with Gasteiger partial charge >= 0.3 is 5.97 Å². The second kappa shape index (κ2) is 7.08. The monoisotopic (exact) mass is 277 g/mol. The van der Waals surface area contributed by atoms with Gasteiger partial charge < -0.3 is 10.0 Å².